The normalized spacial score (nSPS) is 12.2. The molecule has 2 aromatic heterocycles. The highest BCUT2D eigenvalue weighted by Crippen LogP contribution is 2.30. The van der Waals surface area contributed by atoms with E-state index in [-0.39, 0.29) is 10.4 Å². The molecule has 0 aliphatic heterocycles. The molecule has 9 heteroatoms. The number of halogens is 1. The first-order valence-electron chi connectivity index (χ1n) is 11.1. The molecule has 0 saturated carbocycles. The van der Waals surface area contributed by atoms with Crippen LogP contribution in [0.5, 0.6) is 0 Å². The highest BCUT2D eigenvalue weighted by molar-refractivity contribution is 7.90. The zero-order valence-corrected chi connectivity index (χ0v) is 21.3. The number of hydrogen-bond acceptors (Lipinski definition) is 5. The number of aromatic nitrogens is 3. The van der Waals surface area contributed by atoms with E-state index in [1.165, 1.54) is 22.9 Å². The lowest BCUT2D eigenvalue weighted by atomic mass is 9.86. The van der Waals surface area contributed by atoms with Gasteiger partial charge in [-0.1, -0.05) is 35.9 Å². The van der Waals surface area contributed by atoms with Crippen LogP contribution in [0.15, 0.2) is 82.6 Å². The van der Waals surface area contributed by atoms with E-state index in [4.69, 9.17) is 11.6 Å². The second-order valence-electron chi connectivity index (χ2n) is 9.14. The molecule has 0 aliphatic rings. The van der Waals surface area contributed by atoms with Crippen molar-refractivity contribution in [1.29, 1.82) is 5.26 Å². The summed E-state index contributed by atoms with van der Waals surface area (Å²) in [6.45, 7) is 5.39. The van der Waals surface area contributed by atoms with Gasteiger partial charge in [0.15, 0.2) is 0 Å². The van der Waals surface area contributed by atoms with E-state index >= 15 is 0 Å². The molecular formula is C27H21ClN4O3S. The average Bonchev–Trinajstić information content (AvgIpc) is 3.17. The monoisotopic (exact) mass is 516 g/mol. The number of nitriles is 1. The van der Waals surface area contributed by atoms with Gasteiger partial charge < -0.3 is 0 Å². The van der Waals surface area contributed by atoms with E-state index in [2.05, 4.69) is 11.1 Å². The van der Waals surface area contributed by atoms with Crippen LogP contribution in [0.25, 0.3) is 27.6 Å². The van der Waals surface area contributed by atoms with Gasteiger partial charge in [-0.05, 0) is 74.4 Å². The largest absolute Gasteiger partial charge is 0.348 e. The fraction of sp³-hybridized carbons (Fsp3) is 0.148. The lowest BCUT2D eigenvalue weighted by Gasteiger charge is -2.16. The lowest BCUT2D eigenvalue weighted by Crippen LogP contribution is -2.29. The average molecular weight is 517 g/mol. The van der Waals surface area contributed by atoms with Gasteiger partial charge in [0.2, 0.25) is 0 Å². The molecule has 0 amide bonds. The molecule has 3 aromatic carbocycles. The smallest absolute Gasteiger partial charge is 0.259 e. The summed E-state index contributed by atoms with van der Waals surface area (Å²) >= 11 is 6.28. The van der Waals surface area contributed by atoms with Crippen LogP contribution in [0.4, 0.5) is 0 Å². The highest BCUT2D eigenvalue weighted by atomic mass is 35.5. The molecule has 0 unspecified atom stereocenters. The van der Waals surface area contributed by atoms with Crippen LogP contribution < -0.4 is 5.69 Å². The second kappa shape index (κ2) is 8.33. The van der Waals surface area contributed by atoms with Crippen molar-refractivity contribution in [1.82, 2.24) is 13.5 Å². The van der Waals surface area contributed by atoms with Crippen LogP contribution in [0.2, 0.25) is 5.02 Å². The van der Waals surface area contributed by atoms with E-state index in [0.29, 0.717) is 27.1 Å². The van der Waals surface area contributed by atoms with Crippen molar-refractivity contribution < 1.29 is 8.42 Å². The molecule has 0 fully saturated rings. The molecule has 0 saturated heterocycles. The molecule has 0 N–H and O–H groups in total. The van der Waals surface area contributed by atoms with Gasteiger partial charge in [-0.15, -0.1) is 0 Å². The van der Waals surface area contributed by atoms with Crippen molar-refractivity contribution in [2.45, 2.75) is 31.1 Å². The van der Waals surface area contributed by atoms with Crippen LogP contribution in [0.3, 0.4) is 0 Å². The summed E-state index contributed by atoms with van der Waals surface area (Å²) in [4.78, 5) is 18.3. The van der Waals surface area contributed by atoms with Crippen LogP contribution in [0, 0.1) is 18.3 Å². The fourth-order valence-corrected chi connectivity index (χ4v) is 5.91. The molecular weight excluding hydrogens is 496 g/mol. The number of fused-ring (bicyclic) bond motifs is 3. The Bertz CT molecular complexity index is 1880. The van der Waals surface area contributed by atoms with E-state index in [1.54, 1.807) is 75.4 Å². The minimum Gasteiger partial charge on any atom is -0.259 e. The lowest BCUT2D eigenvalue weighted by molar-refractivity contribution is 0.586. The van der Waals surface area contributed by atoms with E-state index in [0.717, 1.165) is 15.1 Å². The second-order valence-corrected chi connectivity index (χ2v) is 11.4. The molecule has 2 heterocycles. The molecule has 5 aromatic rings. The number of pyridine rings is 1. The van der Waals surface area contributed by atoms with Gasteiger partial charge in [0.05, 0.1) is 39.3 Å². The Balaban J connectivity index is 1.89. The van der Waals surface area contributed by atoms with Gasteiger partial charge >= 0.3 is 5.69 Å². The Hall–Kier alpha value is -3.93. The predicted octanol–water partition coefficient (Wildman–Crippen LogP) is 5.34. The first-order chi connectivity index (χ1) is 17.0. The molecule has 5 rings (SSSR count). The molecule has 180 valence electrons. The summed E-state index contributed by atoms with van der Waals surface area (Å²) in [5.41, 5.74) is 1.56. The summed E-state index contributed by atoms with van der Waals surface area (Å²) in [5.74, 6) is 0. The number of benzene rings is 3. The highest BCUT2D eigenvalue weighted by Gasteiger charge is 2.28. The summed E-state index contributed by atoms with van der Waals surface area (Å²) in [5, 5.41) is 10.5. The van der Waals surface area contributed by atoms with Crippen molar-refractivity contribution in [3.05, 3.63) is 99.6 Å². The number of hydrogen-bond donors (Lipinski definition) is 0. The molecule has 0 aliphatic carbocycles. The van der Waals surface area contributed by atoms with Gasteiger partial charge in [-0.25, -0.2) is 13.2 Å². The third-order valence-corrected chi connectivity index (χ3v) is 8.16. The van der Waals surface area contributed by atoms with Gasteiger partial charge in [0, 0.05) is 10.4 Å². The Morgan fingerprint density at radius 2 is 1.75 bits per heavy atom. The molecule has 36 heavy (non-hydrogen) atoms. The minimum atomic E-state index is -4.25. The van der Waals surface area contributed by atoms with Crippen LogP contribution in [0.1, 0.15) is 25.0 Å². The molecule has 7 nitrogen and oxygen atoms in total. The summed E-state index contributed by atoms with van der Waals surface area (Å²) in [6.07, 6.45) is 1.39. The first kappa shape index (κ1) is 23.8. The third-order valence-electron chi connectivity index (χ3n) is 6.24. The molecule has 0 bridgehead atoms. The Morgan fingerprint density at radius 3 is 2.42 bits per heavy atom. The Morgan fingerprint density at radius 1 is 1.03 bits per heavy atom. The minimum absolute atomic E-state index is 0.000888. The first-order valence-corrected chi connectivity index (χ1v) is 12.9. The zero-order chi connectivity index (χ0) is 25.8. The van der Waals surface area contributed by atoms with Crippen molar-refractivity contribution in [3.8, 4) is 11.8 Å². The van der Waals surface area contributed by atoms with Crippen molar-refractivity contribution in [2.24, 2.45) is 0 Å². The standard InChI is InChI=1S/C27H21ClN4O3S/c1-17-5-4-6-21(13-17)36(34,35)32-24-15-30-23-12-9-19(28)14-22(23)25(24)31(26(32)33)20-10-7-18(8-11-20)27(2,3)16-29/h4-15H,1-3H3. The van der Waals surface area contributed by atoms with Gasteiger partial charge in [0.25, 0.3) is 10.0 Å². The summed E-state index contributed by atoms with van der Waals surface area (Å²) < 4.78 is 29.6. The maximum absolute atomic E-state index is 13.9. The summed E-state index contributed by atoms with van der Waals surface area (Å²) in [7, 11) is -4.25. The summed E-state index contributed by atoms with van der Waals surface area (Å²) in [6, 6.07) is 20.7. The van der Waals surface area contributed by atoms with Crippen LogP contribution in [-0.4, -0.2) is 21.9 Å². The maximum Gasteiger partial charge on any atom is 0.348 e. The van der Waals surface area contributed by atoms with Crippen molar-refractivity contribution in [3.63, 3.8) is 0 Å². The van der Waals surface area contributed by atoms with Gasteiger partial charge in [-0.3, -0.25) is 9.55 Å². The number of aryl methyl sites for hydroxylation is 1. The van der Waals surface area contributed by atoms with E-state index < -0.39 is 21.1 Å². The molecule has 0 atom stereocenters. The topological polar surface area (TPSA) is 97.8 Å². The Kier molecular flexibility index (Phi) is 5.51. The van der Waals surface area contributed by atoms with E-state index in [9.17, 15) is 18.5 Å². The third kappa shape index (κ3) is 3.68. The predicted molar refractivity (Wildman–Crippen MR) is 140 cm³/mol. The van der Waals surface area contributed by atoms with Crippen LogP contribution in [-0.2, 0) is 15.4 Å². The maximum atomic E-state index is 13.9. The quantitative estimate of drug-likeness (QED) is 0.321. The Labute approximate surface area is 212 Å². The van der Waals surface area contributed by atoms with Gasteiger partial charge in [-0.2, -0.15) is 9.23 Å². The molecule has 0 radical (unpaired) electrons. The fourth-order valence-electron chi connectivity index (χ4n) is 4.26. The van der Waals surface area contributed by atoms with Crippen LogP contribution >= 0.6 is 11.6 Å². The zero-order valence-electron chi connectivity index (χ0n) is 19.7. The number of rotatable bonds is 4. The van der Waals surface area contributed by atoms with E-state index in [1.807, 2.05) is 0 Å². The molecule has 0 spiro atoms. The van der Waals surface area contributed by atoms with Crippen molar-refractivity contribution in [2.75, 3.05) is 0 Å². The number of nitrogens with zero attached hydrogens (tertiary/aromatic N) is 4. The number of imidazole rings is 1. The van der Waals surface area contributed by atoms with Crippen molar-refractivity contribution >= 4 is 43.6 Å². The SMILES string of the molecule is Cc1cccc(S(=O)(=O)n2c(=O)n(-c3ccc(C(C)(C)C#N)cc3)c3c4cc(Cl)ccc4ncc32)c1. The van der Waals surface area contributed by atoms with Gasteiger partial charge in [0.1, 0.15) is 5.52 Å².